The van der Waals surface area contributed by atoms with Crippen molar-refractivity contribution in [2.75, 3.05) is 11.6 Å². The number of fused-ring (bicyclic) bond motifs is 1. The highest BCUT2D eigenvalue weighted by Crippen LogP contribution is 2.19. The number of benzene rings is 2. The first kappa shape index (κ1) is 13.7. The molecule has 108 valence electrons. The van der Waals surface area contributed by atoms with Gasteiger partial charge in [-0.25, -0.2) is 8.42 Å². The summed E-state index contributed by atoms with van der Waals surface area (Å²) < 4.78 is 22.8. The molecule has 1 heterocycles. The van der Waals surface area contributed by atoms with Gasteiger partial charge in [0.25, 0.3) is 0 Å². The van der Waals surface area contributed by atoms with Gasteiger partial charge < -0.3 is 10.3 Å². The Morgan fingerprint density at radius 2 is 1.81 bits per heavy atom. The lowest BCUT2D eigenvalue weighted by atomic mass is 10.1. The van der Waals surface area contributed by atoms with Crippen LogP contribution in [0.25, 0.3) is 10.9 Å². The first-order valence-electron chi connectivity index (χ1n) is 6.63. The fourth-order valence-electron chi connectivity index (χ4n) is 2.31. The van der Waals surface area contributed by atoms with E-state index >= 15 is 0 Å². The molecule has 0 bridgehead atoms. The highest BCUT2D eigenvalue weighted by Gasteiger charge is 2.06. The number of hydrogen-bond acceptors (Lipinski definition) is 3. The smallest absolute Gasteiger partial charge is 0.175 e. The van der Waals surface area contributed by atoms with Crippen molar-refractivity contribution in [3.63, 3.8) is 0 Å². The molecule has 2 aromatic carbocycles. The van der Waals surface area contributed by atoms with Gasteiger partial charge in [-0.1, -0.05) is 18.2 Å². The van der Waals surface area contributed by atoms with Crippen LogP contribution in [0.15, 0.2) is 59.6 Å². The monoisotopic (exact) mass is 300 g/mol. The van der Waals surface area contributed by atoms with Crippen molar-refractivity contribution in [2.45, 2.75) is 11.4 Å². The lowest BCUT2D eigenvalue weighted by Crippen LogP contribution is -2.01. The number of para-hydroxylation sites is 1. The van der Waals surface area contributed by atoms with Crippen molar-refractivity contribution >= 4 is 26.4 Å². The summed E-state index contributed by atoms with van der Waals surface area (Å²) in [6.45, 7) is 0.677. The van der Waals surface area contributed by atoms with Crippen molar-refractivity contribution in [2.24, 2.45) is 0 Å². The summed E-state index contributed by atoms with van der Waals surface area (Å²) in [5.41, 5.74) is 3.19. The molecule has 0 aliphatic rings. The Labute approximate surface area is 123 Å². The summed E-state index contributed by atoms with van der Waals surface area (Å²) >= 11 is 0. The summed E-state index contributed by atoms with van der Waals surface area (Å²) in [4.78, 5) is 3.57. The van der Waals surface area contributed by atoms with E-state index in [0.717, 1.165) is 11.2 Å². The van der Waals surface area contributed by atoms with Crippen LogP contribution in [0.4, 0.5) is 5.69 Å². The van der Waals surface area contributed by atoms with E-state index in [0.29, 0.717) is 11.4 Å². The van der Waals surface area contributed by atoms with Crippen LogP contribution < -0.4 is 5.32 Å². The van der Waals surface area contributed by atoms with Gasteiger partial charge in [0.05, 0.1) is 10.4 Å². The predicted molar refractivity (Wildman–Crippen MR) is 85.2 cm³/mol. The van der Waals surface area contributed by atoms with Crippen molar-refractivity contribution in [3.05, 3.63) is 60.3 Å². The minimum atomic E-state index is -3.14. The van der Waals surface area contributed by atoms with E-state index in [1.807, 2.05) is 18.3 Å². The molecule has 0 amide bonds. The molecule has 0 atom stereocenters. The molecule has 3 rings (SSSR count). The van der Waals surface area contributed by atoms with Crippen LogP contribution in [0.1, 0.15) is 5.56 Å². The molecule has 1 aromatic heterocycles. The van der Waals surface area contributed by atoms with Gasteiger partial charge in [0.1, 0.15) is 0 Å². The van der Waals surface area contributed by atoms with Gasteiger partial charge >= 0.3 is 0 Å². The first-order valence-corrected chi connectivity index (χ1v) is 8.52. The van der Waals surface area contributed by atoms with Gasteiger partial charge in [-0.05, 0) is 41.3 Å². The normalized spacial score (nSPS) is 11.7. The van der Waals surface area contributed by atoms with Crippen molar-refractivity contribution in [1.82, 2.24) is 4.98 Å². The molecule has 4 nitrogen and oxygen atoms in total. The third kappa shape index (κ3) is 2.92. The molecule has 0 spiro atoms. The number of anilines is 1. The van der Waals surface area contributed by atoms with E-state index in [2.05, 4.69) is 22.4 Å². The lowest BCUT2D eigenvalue weighted by molar-refractivity contribution is 0.602. The van der Waals surface area contributed by atoms with Crippen molar-refractivity contribution in [3.8, 4) is 0 Å². The summed E-state index contributed by atoms with van der Waals surface area (Å²) in [5, 5.41) is 4.49. The average molecular weight is 300 g/mol. The lowest BCUT2D eigenvalue weighted by Gasteiger charge is -2.08. The van der Waals surface area contributed by atoms with Gasteiger partial charge in [-0.2, -0.15) is 0 Å². The highest BCUT2D eigenvalue weighted by atomic mass is 32.2. The molecule has 0 radical (unpaired) electrons. The number of hydrogen-bond donors (Lipinski definition) is 2. The molecule has 21 heavy (non-hydrogen) atoms. The van der Waals surface area contributed by atoms with Crippen LogP contribution in [-0.2, 0) is 16.4 Å². The Bertz CT molecular complexity index is 865. The molecule has 0 saturated carbocycles. The van der Waals surface area contributed by atoms with Gasteiger partial charge in [0.2, 0.25) is 0 Å². The Kier molecular flexibility index (Phi) is 3.43. The Balaban J connectivity index is 1.77. The standard InChI is InChI=1S/C16H16N2O2S/c1-21(19,20)15-7-5-14(6-8-15)18-11-13-4-2-3-12-9-10-17-16(12)13/h2-10,17-18H,11H2,1H3. The van der Waals surface area contributed by atoms with Crippen LogP contribution in [0, 0.1) is 0 Å². The Morgan fingerprint density at radius 1 is 1.05 bits per heavy atom. The third-order valence-corrected chi connectivity index (χ3v) is 4.57. The molecular weight excluding hydrogens is 284 g/mol. The van der Waals surface area contributed by atoms with Crippen molar-refractivity contribution in [1.29, 1.82) is 0 Å². The zero-order chi connectivity index (χ0) is 14.9. The Hall–Kier alpha value is -2.27. The molecular formula is C16H16N2O2S. The van der Waals surface area contributed by atoms with Gasteiger partial charge in [0, 0.05) is 24.7 Å². The number of aromatic nitrogens is 1. The molecule has 0 fully saturated rings. The largest absolute Gasteiger partial charge is 0.381 e. The molecule has 3 aromatic rings. The minimum Gasteiger partial charge on any atom is -0.381 e. The fraction of sp³-hybridized carbons (Fsp3) is 0.125. The van der Waals surface area contributed by atoms with E-state index in [1.165, 1.54) is 17.2 Å². The minimum absolute atomic E-state index is 0.333. The topological polar surface area (TPSA) is 62.0 Å². The van der Waals surface area contributed by atoms with Crippen LogP contribution in [0.2, 0.25) is 0 Å². The van der Waals surface area contributed by atoms with Crippen LogP contribution in [0.3, 0.4) is 0 Å². The quantitative estimate of drug-likeness (QED) is 0.778. The first-order chi connectivity index (χ1) is 10.0. The maximum atomic E-state index is 11.4. The predicted octanol–water partition coefficient (Wildman–Crippen LogP) is 3.18. The molecule has 0 saturated heterocycles. The third-order valence-electron chi connectivity index (χ3n) is 3.44. The SMILES string of the molecule is CS(=O)(=O)c1ccc(NCc2cccc3cc[nH]c23)cc1. The second-order valence-corrected chi connectivity index (χ2v) is 7.02. The summed E-state index contributed by atoms with van der Waals surface area (Å²) in [5.74, 6) is 0. The van der Waals surface area contributed by atoms with Gasteiger partial charge in [0.15, 0.2) is 9.84 Å². The number of sulfone groups is 1. The van der Waals surface area contributed by atoms with Crippen LogP contribution >= 0.6 is 0 Å². The van der Waals surface area contributed by atoms with E-state index in [9.17, 15) is 8.42 Å². The van der Waals surface area contributed by atoms with Gasteiger partial charge in [-0.3, -0.25) is 0 Å². The van der Waals surface area contributed by atoms with Gasteiger partial charge in [-0.15, -0.1) is 0 Å². The van der Waals surface area contributed by atoms with E-state index in [4.69, 9.17) is 0 Å². The molecule has 0 unspecified atom stereocenters. The number of H-pyrrole nitrogens is 1. The molecule has 2 N–H and O–H groups in total. The van der Waals surface area contributed by atoms with E-state index < -0.39 is 9.84 Å². The number of aromatic amines is 1. The zero-order valence-corrected chi connectivity index (χ0v) is 12.4. The second kappa shape index (κ2) is 5.26. The fourth-order valence-corrected chi connectivity index (χ4v) is 2.94. The van der Waals surface area contributed by atoms with E-state index in [-0.39, 0.29) is 0 Å². The summed E-state index contributed by atoms with van der Waals surface area (Å²) in [6.07, 6.45) is 3.14. The Morgan fingerprint density at radius 3 is 2.52 bits per heavy atom. The van der Waals surface area contributed by atoms with Crippen molar-refractivity contribution < 1.29 is 8.42 Å². The van der Waals surface area contributed by atoms with Crippen LogP contribution in [-0.4, -0.2) is 19.7 Å². The highest BCUT2D eigenvalue weighted by molar-refractivity contribution is 7.90. The maximum absolute atomic E-state index is 11.4. The number of nitrogens with one attached hydrogen (secondary N) is 2. The van der Waals surface area contributed by atoms with E-state index in [1.54, 1.807) is 24.3 Å². The molecule has 0 aliphatic carbocycles. The van der Waals surface area contributed by atoms with Crippen LogP contribution in [0.5, 0.6) is 0 Å². The zero-order valence-electron chi connectivity index (χ0n) is 11.6. The summed E-state index contributed by atoms with van der Waals surface area (Å²) in [6, 6.07) is 15.0. The summed E-state index contributed by atoms with van der Waals surface area (Å²) in [7, 11) is -3.14. The molecule has 0 aliphatic heterocycles. The number of rotatable bonds is 4. The molecule has 5 heteroatoms. The second-order valence-electron chi connectivity index (χ2n) is 5.01. The maximum Gasteiger partial charge on any atom is 0.175 e. The average Bonchev–Trinajstić information content (AvgIpc) is 2.93.